The molecule has 4 atom stereocenters. The number of phenols is 4. The maximum atomic E-state index is 15.3. The third-order valence-corrected chi connectivity index (χ3v) is 24.3. The molecule has 0 fully saturated rings. The molecule has 1 aliphatic rings. The predicted octanol–water partition coefficient (Wildman–Crippen LogP) is 15.3. The molecular weight excluding hydrogens is 1400 g/mol. The van der Waals surface area contributed by atoms with E-state index in [-0.39, 0.29) is 136 Å². The summed E-state index contributed by atoms with van der Waals surface area (Å²) in [5, 5.41) is 66.3. The van der Waals surface area contributed by atoms with Gasteiger partial charge in [-0.25, -0.2) is 0 Å². The van der Waals surface area contributed by atoms with E-state index in [1.54, 1.807) is 104 Å². The number of fused-ring (bicyclic) bond motifs is 8. The Morgan fingerprint density at radius 3 is 0.673 bits per heavy atom. The standard InChI is InChI=1S/C80H100N4O16S4/c1-13-17-37-81-45-69-73(85)61-41-62(74(69)86)54(10)66-44-68(80(100-104(95,96)60-35-27-52(8)28-36-60)72(48-84-40-20-16-4)78(66)98-102(91,92)58-31-23-50(6)24-32-58)56(12)64-42-63(75(87)70(76(64)88)46-82-38-18-14-2)55(11)67-43-65(53(61)9)77(97-101(89,90)57-29-21-49(5)22-30-57)71(47-83-39-19-15-3)79(67)99-103(93,94)59-33-25-51(7)26-34-59/h21-36,41-44,53-56,81-88H,13-20,37-40,45-48H2,1-12H3. The second kappa shape index (κ2) is 34.4. The molecule has 0 aromatic heterocycles. The maximum absolute atomic E-state index is 15.3. The smallest absolute Gasteiger partial charge is 0.339 e. The van der Waals surface area contributed by atoms with Crippen LogP contribution in [0.15, 0.2) is 141 Å². The van der Waals surface area contributed by atoms with Gasteiger partial charge in [0.15, 0.2) is 23.0 Å². The molecule has 0 radical (unpaired) electrons. The molecule has 8 bridgehead atoms. The molecule has 0 aliphatic heterocycles. The molecule has 4 unspecified atom stereocenters. The first-order chi connectivity index (χ1) is 49.4. The van der Waals surface area contributed by atoms with Crippen molar-refractivity contribution in [3.8, 4) is 46.0 Å². The van der Waals surface area contributed by atoms with Crippen LogP contribution in [0.2, 0.25) is 0 Å². The molecule has 1 aliphatic carbocycles. The van der Waals surface area contributed by atoms with E-state index in [0.29, 0.717) is 51.9 Å². The molecule has 0 spiro atoms. The fourth-order valence-electron chi connectivity index (χ4n) is 12.9. The number of aryl methyl sites for hydroxylation is 4. The summed E-state index contributed by atoms with van der Waals surface area (Å²) < 4.78 is 148. The zero-order chi connectivity index (χ0) is 75.6. The number of hydrogen-bond donors (Lipinski definition) is 8. The largest absolute Gasteiger partial charge is 0.507 e. The summed E-state index contributed by atoms with van der Waals surface area (Å²) in [4.78, 5) is -1.00. The third kappa shape index (κ3) is 18.0. The van der Waals surface area contributed by atoms with Crippen molar-refractivity contribution in [1.82, 2.24) is 21.3 Å². The van der Waals surface area contributed by atoms with E-state index < -0.39 is 87.1 Å². The van der Waals surface area contributed by atoms with Gasteiger partial charge in [0.25, 0.3) is 0 Å². The first-order valence-electron chi connectivity index (χ1n) is 35.8. The number of hydrogen-bond acceptors (Lipinski definition) is 20. The summed E-state index contributed by atoms with van der Waals surface area (Å²) in [7, 11) is -19.6. The second-order valence-corrected chi connectivity index (χ2v) is 33.4. The number of rotatable bonds is 32. The summed E-state index contributed by atoms with van der Waals surface area (Å²) >= 11 is 0. The Balaban J connectivity index is 1.52. The third-order valence-electron chi connectivity index (χ3n) is 19.4. The van der Waals surface area contributed by atoms with Crippen molar-refractivity contribution in [2.45, 2.75) is 204 Å². The molecule has 8 N–H and O–H groups in total. The van der Waals surface area contributed by atoms with Gasteiger partial charge in [-0.2, -0.15) is 33.7 Å². The maximum Gasteiger partial charge on any atom is 0.339 e. The van der Waals surface area contributed by atoms with Crippen molar-refractivity contribution in [3.05, 3.63) is 210 Å². The Labute approximate surface area is 615 Å². The number of nitrogens with one attached hydrogen (secondary N) is 4. The van der Waals surface area contributed by atoms with Crippen molar-refractivity contribution in [3.63, 3.8) is 0 Å². The lowest BCUT2D eigenvalue weighted by Gasteiger charge is -2.31. The minimum Gasteiger partial charge on any atom is -0.507 e. The van der Waals surface area contributed by atoms with Crippen molar-refractivity contribution in [1.29, 1.82) is 0 Å². The average Bonchev–Trinajstić information content (AvgIpc) is 0.734. The zero-order valence-corrected chi connectivity index (χ0v) is 64.8. The highest BCUT2D eigenvalue weighted by atomic mass is 32.2. The first kappa shape index (κ1) is 79.9. The molecule has 0 heterocycles. The fourth-order valence-corrected chi connectivity index (χ4v) is 16.8. The van der Waals surface area contributed by atoms with Crippen LogP contribution in [0.5, 0.6) is 46.0 Å². The van der Waals surface area contributed by atoms with Crippen LogP contribution in [0.4, 0.5) is 0 Å². The number of phenolic OH excluding ortho intramolecular Hbond substituents is 4. The van der Waals surface area contributed by atoms with E-state index in [0.717, 1.165) is 47.9 Å². The van der Waals surface area contributed by atoms with Crippen LogP contribution >= 0.6 is 0 Å². The van der Waals surface area contributed by atoms with Gasteiger partial charge in [0, 0.05) is 94.4 Å². The Hall–Kier alpha value is -8.20. The predicted molar refractivity (Wildman–Crippen MR) is 405 cm³/mol. The van der Waals surface area contributed by atoms with Crippen LogP contribution in [0.1, 0.15) is 219 Å². The van der Waals surface area contributed by atoms with E-state index in [9.17, 15) is 20.4 Å². The molecule has 560 valence electrons. The van der Waals surface area contributed by atoms with Gasteiger partial charge in [0.2, 0.25) is 0 Å². The van der Waals surface area contributed by atoms with Crippen LogP contribution in [-0.4, -0.2) is 80.3 Å². The lowest BCUT2D eigenvalue weighted by Crippen LogP contribution is -2.23. The lowest BCUT2D eigenvalue weighted by molar-refractivity contribution is 0.421. The normalized spacial score (nSPS) is 15.6. The highest BCUT2D eigenvalue weighted by Crippen LogP contribution is 2.55. The SMILES string of the molecule is CCCCNCc1c(O)c2cc(c1O)C(C)c1cc(c(OS(=O)(=O)c3ccc(C)cc3)c(CNCCCC)c1OS(=O)(=O)c1ccc(C)cc1)C(C)c1cc(c(O)c(CNCCCC)c1O)C(C)c1cc(c(OS(=O)(=O)c3ccc(C)cc3)c(CNCCCC)c1OS(=O)(=O)c1ccc(C)cc1)C2C. The minimum absolute atomic E-state index is 0.0128. The van der Waals surface area contributed by atoms with Gasteiger partial charge in [-0.15, -0.1) is 0 Å². The van der Waals surface area contributed by atoms with E-state index in [4.69, 9.17) is 16.7 Å². The average molecular weight is 1500 g/mol. The van der Waals surface area contributed by atoms with E-state index in [1.807, 2.05) is 27.7 Å². The quantitative estimate of drug-likeness (QED) is 0.0143. The highest BCUT2D eigenvalue weighted by Gasteiger charge is 2.40. The molecule has 0 saturated heterocycles. The van der Waals surface area contributed by atoms with Gasteiger partial charge in [-0.05, 0) is 152 Å². The molecule has 0 saturated carbocycles. The van der Waals surface area contributed by atoms with Crippen LogP contribution < -0.4 is 38.0 Å². The Kier molecular flexibility index (Phi) is 26.4. The number of aromatic hydroxyl groups is 4. The molecule has 8 aromatic carbocycles. The van der Waals surface area contributed by atoms with Gasteiger partial charge in [-0.3, -0.25) is 0 Å². The van der Waals surface area contributed by atoms with Crippen molar-refractivity contribution in [2.24, 2.45) is 0 Å². The van der Waals surface area contributed by atoms with Gasteiger partial charge in [0.05, 0.1) is 22.3 Å². The Bertz CT molecular complexity index is 4270. The molecule has 9 rings (SSSR count). The fraction of sp³-hybridized carbons (Fsp3) is 0.400. The van der Waals surface area contributed by atoms with Crippen LogP contribution in [0.25, 0.3) is 0 Å². The summed E-state index contributed by atoms with van der Waals surface area (Å²) in [6.45, 7) is 22.6. The molecular formula is C80H100N4O16S4. The molecule has 104 heavy (non-hydrogen) atoms. The van der Waals surface area contributed by atoms with Crippen molar-refractivity contribution < 1.29 is 70.8 Å². The molecule has 0 amide bonds. The Morgan fingerprint density at radius 2 is 0.481 bits per heavy atom. The van der Waals surface area contributed by atoms with Crippen LogP contribution in [0.3, 0.4) is 0 Å². The van der Waals surface area contributed by atoms with E-state index in [2.05, 4.69) is 21.3 Å². The summed E-state index contributed by atoms with van der Waals surface area (Å²) in [6.07, 6.45) is 5.67. The summed E-state index contributed by atoms with van der Waals surface area (Å²) in [6, 6.07) is 30.0. The first-order valence-corrected chi connectivity index (χ1v) is 41.4. The van der Waals surface area contributed by atoms with Crippen LogP contribution in [-0.2, 0) is 66.7 Å². The molecule has 20 nitrogen and oxygen atoms in total. The van der Waals surface area contributed by atoms with Gasteiger partial charge >= 0.3 is 40.5 Å². The summed E-state index contributed by atoms with van der Waals surface area (Å²) in [5.41, 5.74) is 3.33. The Morgan fingerprint density at radius 1 is 0.298 bits per heavy atom. The van der Waals surface area contributed by atoms with E-state index in [1.165, 1.54) is 72.8 Å². The van der Waals surface area contributed by atoms with Crippen LogP contribution in [0, 0.1) is 27.7 Å². The van der Waals surface area contributed by atoms with Gasteiger partial charge < -0.3 is 58.4 Å². The second-order valence-electron chi connectivity index (χ2n) is 27.3. The van der Waals surface area contributed by atoms with Gasteiger partial charge in [0.1, 0.15) is 42.6 Å². The van der Waals surface area contributed by atoms with Crippen molar-refractivity contribution >= 4 is 40.5 Å². The number of unbranched alkanes of at least 4 members (excludes halogenated alkanes) is 4. The number of benzene rings is 8. The van der Waals surface area contributed by atoms with E-state index >= 15 is 33.7 Å². The van der Waals surface area contributed by atoms with Gasteiger partial charge in [-0.1, -0.05) is 152 Å². The highest BCUT2D eigenvalue weighted by molar-refractivity contribution is 7.88. The molecule has 24 heteroatoms. The molecule has 8 aromatic rings. The van der Waals surface area contributed by atoms with Crippen molar-refractivity contribution in [2.75, 3.05) is 26.2 Å². The monoisotopic (exact) mass is 1500 g/mol. The summed E-state index contributed by atoms with van der Waals surface area (Å²) in [5.74, 6) is -8.07. The topological polar surface area (TPSA) is 303 Å². The zero-order valence-electron chi connectivity index (χ0n) is 61.5. The minimum atomic E-state index is -4.89. The lowest BCUT2D eigenvalue weighted by atomic mass is 9.78.